The van der Waals surface area contributed by atoms with Gasteiger partial charge in [-0.25, -0.2) is 9.37 Å². The molecule has 4 aromatic rings. The average Bonchev–Trinajstić information content (AvgIpc) is 3.19. The molecule has 2 aromatic carbocycles. The van der Waals surface area contributed by atoms with Gasteiger partial charge in [-0.3, -0.25) is 9.78 Å². The van der Waals surface area contributed by atoms with Crippen LogP contribution >= 0.6 is 0 Å². The number of aryl methyl sites for hydroxylation is 1. The highest BCUT2D eigenvalue weighted by molar-refractivity contribution is 5.92. The summed E-state index contributed by atoms with van der Waals surface area (Å²) in [5.41, 5.74) is 3.73. The molecule has 0 aliphatic carbocycles. The van der Waals surface area contributed by atoms with E-state index in [9.17, 15) is 9.18 Å². The largest absolute Gasteiger partial charge is 0.457 e. The van der Waals surface area contributed by atoms with Crippen LogP contribution in [-0.2, 0) is 7.05 Å². The third-order valence-electron chi connectivity index (χ3n) is 5.46. The summed E-state index contributed by atoms with van der Waals surface area (Å²) in [5, 5.41) is 5.82. The molecule has 0 spiro atoms. The number of nitrogens with zero attached hydrogens (tertiary/aromatic N) is 3. The van der Waals surface area contributed by atoms with Crippen molar-refractivity contribution in [2.24, 2.45) is 7.05 Å². The molecule has 0 fully saturated rings. The summed E-state index contributed by atoms with van der Waals surface area (Å²) in [4.78, 5) is 20.6. The number of hydrogen-bond donors (Lipinski definition) is 2. The molecule has 2 N–H and O–H groups in total. The van der Waals surface area contributed by atoms with Gasteiger partial charge in [-0.2, -0.15) is 0 Å². The quantitative estimate of drug-likeness (QED) is 0.294. The number of carbonyl (C=O) groups excluding carboxylic acids is 1. The Morgan fingerprint density at radius 1 is 1.14 bits per heavy atom. The number of halogens is 1. The standard InChI is InChI=1S/C28H26FN5O2/c1-5-7-18(8-6-2)22-15-19(9-11-23(22)29)32-28-33-24-16-20(10-12-26(24)34(28)4)36-21-13-14-31-25(17-21)27(35)30-3/h5-17H,1H2,2-4H3,(H,30,35)(H,32,33)/b8-6-,18-7+. The van der Waals surface area contributed by atoms with Gasteiger partial charge in [-0.15, -0.1) is 0 Å². The van der Waals surface area contributed by atoms with Crippen LogP contribution in [0, 0.1) is 5.82 Å². The molecule has 182 valence electrons. The normalized spacial score (nSPS) is 11.6. The zero-order valence-electron chi connectivity index (χ0n) is 20.2. The number of imidazole rings is 1. The number of nitrogens with one attached hydrogen (secondary N) is 2. The Balaban J connectivity index is 1.61. The van der Waals surface area contributed by atoms with E-state index in [1.807, 2.05) is 48.9 Å². The first kappa shape index (κ1) is 24.4. The molecule has 0 aliphatic rings. The number of carbonyl (C=O) groups is 1. The van der Waals surface area contributed by atoms with Crippen LogP contribution in [0.25, 0.3) is 16.6 Å². The number of amides is 1. The third-order valence-corrected chi connectivity index (χ3v) is 5.46. The van der Waals surface area contributed by atoms with Crippen molar-refractivity contribution in [1.82, 2.24) is 19.9 Å². The first-order chi connectivity index (χ1) is 17.4. The highest BCUT2D eigenvalue weighted by Gasteiger charge is 2.13. The minimum Gasteiger partial charge on any atom is -0.457 e. The fourth-order valence-corrected chi connectivity index (χ4v) is 3.71. The summed E-state index contributed by atoms with van der Waals surface area (Å²) in [6, 6.07) is 13.6. The first-order valence-corrected chi connectivity index (χ1v) is 11.3. The van der Waals surface area contributed by atoms with E-state index in [4.69, 9.17) is 9.72 Å². The summed E-state index contributed by atoms with van der Waals surface area (Å²) in [7, 11) is 3.44. The van der Waals surface area contributed by atoms with Gasteiger partial charge < -0.3 is 19.9 Å². The SMILES string of the molecule is C=C/C=C(\C=C/C)c1cc(Nc2nc3cc(Oc4ccnc(C(=O)NC)c4)ccc3n2C)ccc1F. The zero-order chi connectivity index (χ0) is 25.7. The van der Waals surface area contributed by atoms with Gasteiger partial charge >= 0.3 is 0 Å². The van der Waals surface area contributed by atoms with E-state index in [2.05, 4.69) is 22.2 Å². The maximum Gasteiger partial charge on any atom is 0.269 e. The molecule has 4 rings (SSSR count). The number of ether oxygens (including phenoxy) is 1. The van der Waals surface area contributed by atoms with Crippen LogP contribution in [0.1, 0.15) is 23.0 Å². The van der Waals surface area contributed by atoms with Crippen LogP contribution in [0.5, 0.6) is 11.5 Å². The number of anilines is 2. The molecule has 0 bridgehead atoms. The smallest absolute Gasteiger partial charge is 0.269 e. The monoisotopic (exact) mass is 483 g/mol. The van der Waals surface area contributed by atoms with Gasteiger partial charge in [0.15, 0.2) is 0 Å². The van der Waals surface area contributed by atoms with Gasteiger partial charge in [0, 0.05) is 43.7 Å². The van der Waals surface area contributed by atoms with Crippen LogP contribution in [0.3, 0.4) is 0 Å². The van der Waals surface area contributed by atoms with Gasteiger partial charge in [0.2, 0.25) is 5.95 Å². The minimum absolute atomic E-state index is 0.264. The number of rotatable bonds is 8. The van der Waals surface area contributed by atoms with Crippen molar-refractivity contribution >= 4 is 34.1 Å². The van der Waals surface area contributed by atoms with E-state index in [-0.39, 0.29) is 17.4 Å². The summed E-state index contributed by atoms with van der Waals surface area (Å²) in [6.07, 6.45) is 8.60. The Morgan fingerprint density at radius 2 is 1.94 bits per heavy atom. The van der Waals surface area contributed by atoms with E-state index in [1.165, 1.54) is 12.3 Å². The van der Waals surface area contributed by atoms with Crippen LogP contribution in [-0.4, -0.2) is 27.5 Å². The van der Waals surface area contributed by atoms with Crippen molar-refractivity contribution in [2.45, 2.75) is 6.92 Å². The number of hydrogen-bond acceptors (Lipinski definition) is 5. The fraction of sp³-hybridized carbons (Fsp3) is 0.107. The third kappa shape index (κ3) is 5.17. The predicted molar refractivity (Wildman–Crippen MR) is 141 cm³/mol. The highest BCUT2D eigenvalue weighted by Crippen LogP contribution is 2.29. The molecule has 1 amide bonds. The van der Waals surface area contributed by atoms with Crippen molar-refractivity contribution < 1.29 is 13.9 Å². The average molecular weight is 484 g/mol. The minimum atomic E-state index is -0.325. The van der Waals surface area contributed by atoms with Crippen molar-refractivity contribution in [3.8, 4) is 11.5 Å². The molecule has 0 radical (unpaired) electrons. The molecule has 8 heteroatoms. The fourth-order valence-electron chi connectivity index (χ4n) is 3.71. The van der Waals surface area contributed by atoms with E-state index in [0.29, 0.717) is 34.2 Å². The van der Waals surface area contributed by atoms with Gasteiger partial charge in [-0.05, 0) is 48.9 Å². The first-order valence-electron chi connectivity index (χ1n) is 11.3. The zero-order valence-corrected chi connectivity index (χ0v) is 20.2. The molecule has 2 heterocycles. The lowest BCUT2D eigenvalue weighted by Gasteiger charge is -2.10. The lowest BCUT2D eigenvalue weighted by Crippen LogP contribution is -2.18. The number of allylic oxidation sites excluding steroid dienone is 5. The van der Waals surface area contributed by atoms with Crippen LogP contribution in [0.2, 0.25) is 0 Å². The van der Waals surface area contributed by atoms with Crippen LogP contribution in [0.15, 0.2) is 85.6 Å². The second kappa shape index (κ2) is 10.7. The molecule has 2 aromatic heterocycles. The van der Waals surface area contributed by atoms with Crippen molar-refractivity contribution in [2.75, 3.05) is 12.4 Å². The topological polar surface area (TPSA) is 81.1 Å². The van der Waals surface area contributed by atoms with Crippen molar-refractivity contribution in [1.29, 1.82) is 0 Å². The number of fused-ring (bicyclic) bond motifs is 1. The maximum absolute atomic E-state index is 14.6. The number of pyridine rings is 1. The van der Waals surface area contributed by atoms with Crippen LogP contribution < -0.4 is 15.4 Å². The highest BCUT2D eigenvalue weighted by atomic mass is 19.1. The Hall–Kier alpha value is -4.72. The number of aromatic nitrogens is 3. The Bertz CT molecular complexity index is 1500. The van der Waals surface area contributed by atoms with E-state index in [1.54, 1.807) is 43.5 Å². The molecule has 0 saturated carbocycles. The summed E-state index contributed by atoms with van der Waals surface area (Å²) in [5.74, 6) is 1.02. The lowest BCUT2D eigenvalue weighted by atomic mass is 10.0. The summed E-state index contributed by atoms with van der Waals surface area (Å²) in [6.45, 7) is 5.60. The molecule has 0 aliphatic heterocycles. The molecular formula is C28H26FN5O2. The molecule has 0 atom stereocenters. The summed E-state index contributed by atoms with van der Waals surface area (Å²) < 4.78 is 22.4. The van der Waals surface area contributed by atoms with Crippen molar-refractivity contribution in [3.05, 3.63) is 103 Å². The Morgan fingerprint density at radius 3 is 2.69 bits per heavy atom. The lowest BCUT2D eigenvalue weighted by molar-refractivity contribution is 0.0958. The van der Waals surface area contributed by atoms with Gasteiger partial charge in [0.1, 0.15) is 23.0 Å². The maximum atomic E-state index is 14.6. The molecule has 36 heavy (non-hydrogen) atoms. The predicted octanol–water partition coefficient (Wildman–Crippen LogP) is 6.15. The molecule has 0 unspecified atom stereocenters. The molecule has 7 nitrogen and oxygen atoms in total. The van der Waals surface area contributed by atoms with E-state index >= 15 is 0 Å². The van der Waals surface area contributed by atoms with E-state index in [0.717, 1.165) is 11.1 Å². The second-order valence-corrected chi connectivity index (χ2v) is 7.88. The Kier molecular flexibility index (Phi) is 7.25. The number of benzene rings is 2. The summed E-state index contributed by atoms with van der Waals surface area (Å²) >= 11 is 0. The van der Waals surface area contributed by atoms with Gasteiger partial charge in [0.25, 0.3) is 5.91 Å². The van der Waals surface area contributed by atoms with Gasteiger partial charge in [0.05, 0.1) is 11.0 Å². The van der Waals surface area contributed by atoms with E-state index < -0.39 is 0 Å². The molecular weight excluding hydrogens is 457 g/mol. The van der Waals surface area contributed by atoms with Gasteiger partial charge in [-0.1, -0.05) is 30.9 Å². The van der Waals surface area contributed by atoms with Crippen molar-refractivity contribution in [3.63, 3.8) is 0 Å². The Labute approximate surface area is 208 Å². The van der Waals surface area contributed by atoms with Crippen LogP contribution in [0.4, 0.5) is 16.0 Å². The molecule has 0 saturated heterocycles. The second-order valence-electron chi connectivity index (χ2n) is 7.88.